The number of hydrogen-bond donors (Lipinski definition) is 0. The normalized spacial score (nSPS) is 21.2. The van der Waals surface area contributed by atoms with Crippen LogP contribution in [0.4, 0.5) is 0 Å². The van der Waals surface area contributed by atoms with E-state index in [-0.39, 0.29) is 10.3 Å². The van der Waals surface area contributed by atoms with Crippen molar-refractivity contribution in [1.82, 2.24) is 0 Å². The van der Waals surface area contributed by atoms with Crippen molar-refractivity contribution in [3.8, 4) is 0 Å². The lowest BCUT2D eigenvalue weighted by Crippen LogP contribution is -2.17. The van der Waals surface area contributed by atoms with Crippen molar-refractivity contribution in [2.24, 2.45) is 5.41 Å². The van der Waals surface area contributed by atoms with Gasteiger partial charge in [-0.05, 0) is 12.3 Å². The molecule has 0 saturated heterocycles. The Morgan fingerprint density at radius 1 is 1.58 bits per heavy atom. The van der Waals surface area contributed by atoms with Gasteiger partial charge in [-0.1, -0.05) is 26.0 Å². The van der Waals surface area contributed by atoms with Crippen molar-refractivity contribution < 1.29 is 4.92 Å². The second-order valence-corrected chi connectivity index (χ2v) is 3.89. The average molecular weight is 167 g/mol. The summed E-state index contributed by atoms with van der Waals surface area (Å²) in [5, 5.41) is 10.6. The molecule has 1 rings (SSSR count). The molecule has 0 saturated carbocycles. The molecule has 0 spiro atoms. The number of nitrogens with zero attached hydrogens (tertiary/aromatic N) is 1. The first kappa shape index (κ1) is 8.97. The highest BCUT2D eigenvalue weighted by Gasteiger charge is 2.27. The Hall–Kier alpha value is -1.12. The molecule has 0 fully saturated rings. The smallest absolute Gasteiger partial charge is 0.249 e. The summed E-state index contributed by atoms with van der Waals surface area (Å²) >= 11 is 0. The van der Waals surface area contributed by atoms with Gasteiger partial charge in [0.2, 0.25) is 5.70 Å². The molecule has 1 aliphatic rings. The maximum absolute atomic E-state index is 10.6. The second-order valence-electron chi connectivity index (χ2n) is 3.89. The van der Waals surface area contributed by atoms with Gasteiger partial charge in [-0.2, -0.15) is 0 Å². The highest BCUT2D eigenvalue weighted by molar-refractivity contribution is 5.27. The van der Waals surface area contributed by atoms with Crippen LogP contribution in [0.25, 0.3) is 0 Å². The third kappa shape index (κ3) is 1.72. The van der Waals surface area contributed by atoms with E-state index in [2.05, 4.69) is 0 Å². The molecular formula is C9H13NO2. The zero-order chi connectivity index (χ0) is 9.35. The summed E-state index contributed by atoms with van der Waals surface area (Å²) in [6, 6.07) is 0. The van der Waals surface area contributed by atoms with E-state index in [1.807, 2.05) is 26.0 Å². The van der Waals surface area contributed by atoms with Gasteiger partial charge in [-0.25, -0.2) is 0 Å². The monoisotopic (exact) mass is 167 g/mol. The predicted octanol–water partition coefficient (Wildman–Crippen LogP) is 2.52. The summed E-state index contributed by atoms with van der Waals surface area (Å²) < 4.78 is 0. The van der Waals surface area contributed by atoms with Gasteiger partial charge < -0.3 is 0 Å². The molecule has 0 atom stereocenters. The van der Waals surface area contributed by atoms with Crippen molar-refractivity contribution in [3.63, 3.8) is 0 Å². The minimum Gasteiger partial charge on any atom is -0.259 e. The molecule has 3 heteroatoms. The molecule has 12 heavy (non-hydrogen) atoms. The Labute approximate surface area is 71.9 Å². The van der Waals surface area contributed by atoms with Crippen LogP contribution in [0, 0.1) is 15.5 Å². The molecule has 0 aliphatic heterocycles. The first-order chi connectivity index (χ1) is 5.42. The van der Waals surface area contributed by atoms with Crippen molar-refractivity contribution in [2.45, 2.75) is 27.2 Å². The SMILES string of the molecule is CC1=C([N+](=O)[O-])CC(C)(C)C=C1. The standard InChI is InChI=1S/C9H13NO2/c1-7-4-5-9(2,3)6-8(7)10(11)12/h4-5H,6H2,1-3H3. The third-order valence-electron chi connectivity index (χ3n) is 2.08. The molecule has 0 N–H and O–H groups in total. The fourth-order valence-electron chi connectivity index (χ4n) is 1.29. The van der Waals surface area contributed by atoms with Gasteiger partial charge >= 0.3 is 0 Å². The lowest BCUT2D eigenvalue weighted by molar-refractivity contribution is -0.430. The van der Waals surface area contributed by atoms with Crippen LogP contribution in [0.15, 0.2) is 23.4 Å². The largest absolute Gasteiger partial charge is 0.259 e. The summed E-state index contributed by atoms with van der Waals surface area (Å²) in [5.41, 5.74) is 1.06. The van der Waals surface area contributed by atoms with Crippen LogP contribution in [-0.2, 0) is 0 Å². The van der Waals surface area contributed by atoms with Crippen LogP contribution >= 0.6 is 0 Å². The van der Waals surface area contributed by atoms with Crippen molar-refractivity contribution in [3.05, 3.63) is 33.5 Å². The van der Waals surface area contributed by atoms with Gasteiger partial charge in [0.1, 0.15) is 0 Å². The lowest BCUT2D eigenvalue weighted by atomic mass is 9.82. The fraction of sp³-hybridized carbons (Fsp3) is 0.556. The van der Waals surface area contributed by atoms with E-state index in [4.69, 9.17) is 0 Å². The third-order valence-corrected chi connectivity index (χ3v) is 2.08. The maximum Gasteiger partial charge on any atom is 0.249 e. The molecule has 66 valence electrons. The lowest BCUT2D eigenvalue weighted by Gasteiger charge is -2.22. The Morgan fingerprint density at radius 2 is 2.17 bits per heavy atom. The molecule has 1 aliphatic carbocycles. The minimum atomic E-state index is -0.277. The number of hydrogen-bond acceptors (Lipinski definition) is 2. The van der Waals surface area contributed by atoms with E-state index in [0.717, 1.165) is 5.57 Å². The van der Waals surface area contributed by atoms with Gasteiger partial charge in [0.25, 0.3) is 0 Å². The summed E-state index contributed by atoms with van der Waals surface area (Å²) in [6.07, 6.45) is 4.39. The van der Waals surface area contributed by atoms with E-state index < -0.39 is 0 Å². The molecule has 0 aromatic heterocycles. The van der Waals surface area contributed by atoms with E-state index in [1.54, 1.807) is 6.92 Å². The quantitative estimate of drug-likeness (QED) is 0.445. The highest BCUT2D eigenvalue weighted by Crippen LogP contribution is 2.33. The predicted molar refractivity (Wildman–Crippen MR) is 47.2 cm³/mol. The van der Waals surface area contributed by atoms with Crippen LogP contribution in [0.2, 0.25) is 0 Å². The van der Waals surface area contributed by atoms with Crippen molar-refractivity contribution in [1.29, 1.82) is 0 Å². The number of nitro groups is 1. The summed E-state index contributed by atoms with van der Waals surface area (Å²) in [7, 11) is 0. The second kappa shape index (κ2) is 2.73. The first-order valence-electron chi connectivity index (χ1n) is 3.96. The molecule has 0 amide bonds. The van der Waals surface area contributed by atoms with Crippen molar-refractivity contribution in [2.75, 3.05) is 0 Å². The molecule has 0 bridgehead atoms. The van der Waals surface area contributed by atoms with Crippen LogP contribution in [0.5, 0.6) is 0 Å². The Morgan fingerprint density at radius 3 is 2.58 bits per heavy atom. The average Bonchev–Trinajstić information content (AvgIpc) is 1.94. The topological polar surface area (TPSA) is 43.1 Å². The summed E-state index contributed by atoms with van der Waals surface area (Å²) in [6.45, 7) is 5.78. The van der Waals surface area contributed by atoms with E-state index in [1.165, 1.54) is 0 Å². The molecule has 0 aromatic carbocycles. The van der Waals surface area contributed by atoms with E-state index in [9.17, 15) is 10.1 Å². The maximum atomic E-state index is 10.6. The zero-order valence-electron chi connectivity index (χ0n) is 7.63. The van der Waals surface area contributed by atoms with Crippen molar-refractivity contribution >= 4 is 0 Å². The van der Waals surface area contributed by atoms with Gasteiger partial charge in [-0.15, -0.1) is 0 Å². The summed E-state index contributed by atoms with van der Waals surface area (Å²) in [5.74, 6) is 0. The van der Waals surface area contributed by atoms with Crippen LogP contribution < -0.4 is 0 Å². The minimum absolute atomic E-state index is 0.0675. The summed E-state index contributed by atoms with van der Waals surface area (Å²) in [4.78, 5) is 10.3. The molecule has 0 heterocycles. The molecule has 0 aromatic rings. The van der Waals surface area contributed by atoms with Gasteiger partial charge in [0, 0.05) is 12.0 Å². The fourth-order valence-corrected chi connectivity index (χ4v) is 1.29. The molecule has 0 unspecified atom stereocenters. The number of allylic oxidation sites excluding steroid dienone is 4. The van der Waals surface area contributed by atoms with Crippen LogP contribution in [0.3, 0.4) is 0 Å². The van der Waals surface area contributed by atoms with E-state index in [0.29, 0.717) is 12.1 Å². The van der Waals surface area contributed by atoms with Gasteiger partial charge in [0.15, 0.2) is 0 Å². The Balaban J connectivity index is 2.99. The Kier molecular flexibility index (Phi) is 2.04. The molecule has 0 radical (unpaired) electrons. The van der Waals surface area contributed by atoms with E-state index >= 15 is 0 Å². The van der Waals surface area contributed by atoms with Gasteiger partial charge in [-0.3, -0.25) is 10.1 Å². The first-order valence-corrected chi connectivity index (χ1v) is 3.96. The Bertz CT molecular complexity index is 274. The molecular weight excluding hydrogens is 154 g/mol. The number of rotatable bonds is 1. The van der Waals surface area contributed by atoms with Crippen LogP contribution in [0.1, 0.15) is 27.2 Å². The zero-order valence-corrected chi connectivity index (χ0v) is 7.63. The van der Waals surface area contributed by atoms with Crippen LogP contribution in [-0.4, -0.2) is 4.92 Å². The van der Waals surface area contributed by atoms with Gasteiger partial charge in [0.05, 0.1) is 4.92 Å². The molecule has 3 nitrogen and oxygen atoms in total. The highest BCUT2D eigenvalue weighted by atomic mass is 16.6.